The Morgan fingerprint density at radius 2 is 2.20 bits per heavy atom. The minimum atomic E-state index is -1.32. The van der Waals surface area contributed by atoms with Crippen LogP contribution in [0.3, 0.4) is 0 Å². The van der Waals surface area contributed by atoms with Crippen LogP contribution in [0.2, 0.25) is 0 Å². The molecule has 1 fully saturated rings. The third-order valence-corrected chi connectivity index (χ3v) is 3.69. The van der Waals surface area contributed by atoms with Crippen molar-refractivity contribution in [2.75, 3.05) is 0 Å². The first-order valence-electron chi connectivity index (χ1n) is 6.27. The van der Waals surface area contributed by atoms with E-state index < -0.39 is 23.2 Å². The number of nitrogens with one attached hydrogen (secondary N) is 1. The number of hydrogen-bond donors (Lipinski definition) is 2. The molecule has 0 aromatic heterocycles. The van der Waals surface area contributed by atoms with Crippen molar-refractivity contribution in [1.29, 1.82) is 0 Å². The van der Waals surface area contributed by atoms with Gasteiger partial charge in [-0.15, -0.1) is 0 Å². The predicted octanol–water partition coefficient (Wildman–Crippen LogP) is 1.85. The fourth-order valence-corrected chi connectivity index (χ4v) is 2.65. The highest BCUT2D eigenvalue weighted by molar-refractivity contribution is 9.18. The highest BCUT2D eigenvalue weighted by atomic mass is 79.9. The molecule has 2 aliphatic rings. The zero-order chi connectivity index (χ0) is 15.1. The molecule has 1 aliphatic heterocycles. The molecule has 112 valence electrons. The molecule has 0 aromatic rings. The summed E-state index contributed by atoms with van der Waals surface area (Å²) in [5.41, 5.74) is -2.00. The number of carboxylic acid groups (broad SMARTS) is 1. The molecule has 1 aliphatic carbocycles. The van der Waals surface area contributed by atoms with Crippen molar-refractivity contribution in [2.45, 2.75) is 50.9 Å². The van der Waals surface area contributed by atoms with Gasteiger partial charge in [-0.25, -0.2) is 9.59 Å². The Kier molecular flexibility index (Phi) is 3.70. The van der Waals surface area contributed by atoms with Gasteiger partial charge in [0.2, 0.25) is 0 Å². The van der Waals surface area contributed by atoms with Gasteiger partial charge in [0.15, 0.2) is 0 Å². The highest BCUT2D eigenvalue weighted by Gasteiger charge is 2.66. The van der Waals surface area contributed by atoms with E-state index in [1.807, 2.05) is 0 Å². The van der Waals surface area contributed by atoms with Crippen LogP contribution in [-0.4, -0.2) is 39.0 Å². The van der Waals surface area contributed by atoms with Crippen LogP contribution in [0.4, 0.5) is 4.79 Å². The molecule has 8 heteroatoms. The number of amides is 1. The number of halogens is 1. The third-order valence-electron chi connectivity index (χ3n) is 3.23. The van der Waals surface area contributed by atoms with Gasteiger partial charge >= 0.3 is 12.1 Å². The van der Waals surface area contributed by atoms with Crippen LogP contribution in [0, 0.1) is 5.92 Å². The smallest absolute Gasteiger partial charge is 0.408 e. The van der Waals surface area contributed by atoms with E-state index in [-0.39, 0.29) is 12.0 Å². The van der Waals surface area contributed by atoms with E-state index in [0.29, 0.717) is 17.5 Å². The quantitative estimate of drug-likeness (QED) is 0.811. The molecule has 2 N–H and O–H groups in total. The standard InChI is InChI=1S/C12H17BrN2O5/c1-11(2,3)19-10(18)14-12(9(16)17)5-6(12)7-4-8(13)15-20-7/h6-7H,4-5H2,1-3H3,(H,14,18)(H,16,17)/t6-,7+,12+/m0/s1. The average molecular weight is 349 g/mol. The molecule has 0 unspecified atom stereocenters. The number of carboxylic acids is 1. The van der Waals surface area contributed by atoms with Crippen LogP contribution in [0.1, 0.15) is 33.6 Å². The molecule has 2 rings (SSSR count). The number of carbonyl (C=O) groups is 2. The van der Waals surface area contributed by atoms with Crippen LogP contribution in [-0.2, 0) is 14.4 Å². The number of carbonyl (C=O) groups excluding carboxylic acids is 1. The summed E-state index contributed by atoms with van der Waals surface area (Å²) in [4.78, 5) is 28.4. The van der Waals surface area contributed by atoms with Crippen LogP contribution >= 0.6 is 15.9 Å². The molecule has 3 atom stereocenters. The molecule has 1 saturated carbocycles. The van der Waals surface area contributed by atoms with E-state index in [2.05, 4.69) is 26.4 Å². The number of rotatable bonds is 3. The summed E-state index contributed by atoms with van der Waals surface area (Å²) < 4.78 is 5.75. The second-order valence-corrected chi connectivity index (χ2v) is 6.94. The first-order valence-corrected chi connectivity index (χ1v) is 7.06. The summed E-state index contributed by atoms with van der Waals surface area (Å²) in [6.07, 6.45) is -0.256. The number of aliphatic carboxylic acids is 1. The highest BCUT2D eigenvalue weighted by Crippen LogP contribution is 2.49. The van der Waals surface area contributed by atoms with Gasteiger partial charge in [-0.2, -0.15) is 0 Å². The summed E-state index contributed by atoms with van der Waals surface area (Å²) in [6.45, 7) is 5.15. The summed E-state index contributed by atoms with van der Waals surface area (Å²) in [5.74, 6) is -1.40. The first kappa shape index (κ1) is 15.1. The predicted molar refractivity (Wildman–Crippen MR) is 73.7 cm³/mol. The van der Waals surface area contributed by atoms with Crippen molar-refractivity contribution in [1.82, 2.24) is 5.32 Å². The lowest BCUT2D eigenvalue weighted by atomic mass is 10.1. The minimum absolute atomic E-state index is 0.308. The van der Waals surface area contributed by atoms with Gasteiger partial charge in [-0.1, -0.05) is 5.16 Å². The van der Waals surface area contributed by atoms with E-state index in [1.165, 1.54) is 0 Å². The minimum Gasteiger partial charge on any atom is -0.479 e. The molecule has 0 spiro atoms. The largest absolute Gasteiger partial charge is 0.479 e. The number of nitrogens with zero attached hydrogens (tertiary/aromatic N) is 1. The van der Waals surface area contributed by atoms with E-state index in [1.54, 1.807) is 20.8 Å². The van der Waals surface area contributed by atoms with Gasteiger partial charge in [-0.3, -0.25) is 0 Å². The van der Waals surface area contributed by atoms with Gasteiger partial charge in [-0.05, 0) is 43.1 Å². The van der Waals surface area contributed by atoms with Crippen LogP contribution in [0.15, 0.2) is 5.16 Å². The average Bonchev–Trinajstić information content (AvgIpc) is 2.82. The second-order valence-electron chi connectivity index (χ2n) is 6.03. The van der Waals surface area contributed by atoms with Crippen molar-refractivity contribution < 1.29 is 24.3 Å². The Balaban J connectivity index is 2.00. The second kappa shape index (κ2) is 4.91. The molecule has 7 nitrogen and oxygen atoms in total. The topological polar surface area (TPSA) is 97.2 Å². The monoisotopic (exact) mass is 348 g/mol. The Bertz CT molecular complexity index is 473. The molecule has 1 heterocycles. The summed E-state index contributed by atoms with van der Waals surface area (Å²) in [7, 11) is 0. The van der Waals surface area contributed by atoms with Crippen LogP contribution in [0.25, 0.3) is 0 Å². The lowest BCUT2D eigenvalue weighted by molar-refractivity contribution is -0.141. The Morgan fingerprint density at radius 3 is 2.65 bits per heavy atom. The Hall–Kier alpha value is -1.31. The fraction of sp³-hybridized carbons (Fsp3) is 0.750. The fourth-order valence-electron chi connectivity index (χ4n) is 2.25. The molecule has 0 radical (unpaired) electrons. The normalized spacial score (nSPS) is 32.1. The zero-order valence-corrected chi connectivity index (χ0v) is 13.1. The molecule has 0 bridgehead atoms. The van der Waals surface area contributed by atoms with Gasteiger partial charge < -0.3 is 20.0 Å². The summed E-state index contributed by atoms with van der Waals surface area (Å²) in [6, 6.07) is 0. The SMILES string of the molecule is CC(C)(C)OC(=O)N[C@]1(C(=O)O)C[C@H]1[C@H]1CC(Br)=NO1. The van der Waals surface area contributed by atoms with Crippen molar-refractivity contribution >= 4 is 32.6 Å². The zero-order valence-electron chi connectivity index (χ0n) is 11.5. The molecular formula is C12H17BrN2O5. The van der Waals surface area contributed by atoms with Gasteiger partial charge in [0.25, 0.3) is 0 Å². The van der Waals surface area contributed by atoms with Crippen molar-refractivity contribution in [3.63, 3.8) is 0 Å². The maximum atomic E-state index is 11.8. The first-order chi connectivity index (χ1) is 9.14. The third kappa shape index (κ3) is 3.05. The van der Waals surface area contributed by atoms with E-state index in [0.717, 1.165) is 0 Å². The van der Waals surface area contributed by atoms with E-state index in [4.69, 9.17) is 9.57 Å². The Morgan fingerprint density at radius 1 is 1.55 bits per heavy atom. The van der Waals surface area contributed by atoms with Gasteiger partial charge in [0.05, 0.1) is 0 Å². The maximum Gasteiger partial charge on any atom is 0.408 e. The van der Waals surface area contributed by atoms with Gasteiger partial charge in [0, 0.05) is 12.3 Å². The number of ether oxygens (including phenoxy) is 1. The molecule has 20 heavy (non-hydrogen) atoms. The van der Waals surface area contributed by atoms with Crippen LogP contribution in [0.5, 0.6) is 0 Å². The van der Waals surface area contributed by atoms with Crippen molar-refractivity contribution in [3.05, 3.63) is 0 Å². The lowest BCUT2D eigenvalue weighted by Crippen LogP contribution is -2.48. The van der Waals surface area contributed by atoms with Crippen molar-refractivity contribution in [3.8, 4) is 0 Å². The summed E-state index contributed by atoms with van der Waals surface area (Å²) in [5, 5.41) is 15.6. The number of hydrogen-bond acceptors (Lipinski definition) is 5. The van der Waals surface area contributed by atoms with E-state index >= 15 is 0 Å². The number of oxime groups is 1. The van der Waals surface area contributed by atoms with Crippen molar-refractivity contribution in [2.24, 2.45) is 11.1 Å². The van der Waals surface area contributed by atoms with Gasteiger partial charge in [0.1, 0.15) is 21.9 Å². The molecule has 1 amide bonds. The summed E-state index contributed by atoms with van der Waals surface area (Å²) >= 11 is 3.21. The molecule has 0 saturated heterocycles. The van der Waals surface area contributed by atoms with Crippen LogP contribution < -0.4 is 5.32 Å². The Labute approximate surface area is 124 Å². The molecule has 0 aromatic carbocycles. The number of alkyl carbamates (subject to hydrolysis) is 1. The van der Waals surface area contributed by atoms with E-state index in [9.17, 15) is 14.7 Å². The maximum absolute atomic E-state index is 11.8. The molecular weight excluding hydrogens is 332 g/mol. The lowest BCUT2D eigenvalue weighted by Gasteiger charge is -2.22.